The van der Waals surface area contributed by atoms with Gasteiger partial charge in [0.2, 0.25) is 5.78 Å². The Labute approximate surface area is 164 Å². The van der Waals surface area contributed by atoms with Crippen molar-refractivity contribution in [2.75, 3.05) is 26.6 Å². The largest absolute Gasteiger partial charge is 0.497 e. The topological polar surface area (TPSA) is 61.8 Å². The van der Waals surface area contributed by atoms with Crippen molar-refractivity contribution in [1.29, 1.82) is 0 Å². The van der Waals surface area contributed by atoms with Crippen LogP contribution in [0.2, 0.25) is 0 Å². The zero-order chi connectivity index (χ0) is 19.8. The Morgan fingerprint density at radius 3 is 2.41 bits per heavy atom. The Morgan fingerprint density at radius 1 is 0.963 bits per heavy atom. The van der Waals surface area contributed by atoms with Gasteiger partial charge in [-0.05, 0) is 55.3 Å². The Balaban J connectivity index is 1.82. The van der Waals surface area contributed by atoms with Crippen LogP contribution in [0.15, 0.2) is 41.3 Å². The number of methoxy groups -OCH3 is 2. The molecule has 0 unspecified atom stereocenters. The lowest BCUT2D eigenvalue weighted by molar-refractivity contribution is -0.141. The van der Waals surface area contributed by atoms with Crippen molar-refractivity contribution in [2.45, 2.75) is 25.2 Å². The molecule has 0 aliphatic heterocycles. The second kappa shape index (κ2) is 10.0. The van der Waals surface area contributed by atoms with E-state index in [1.165, 1.54) is 25.3 Å². The number of hydrogen-bond donors (Lipinski definition) is 0. The molecule has 0 amide bonds. The maximum Gasteiger partial charge on any atom is 0.307 e. The standard InChI is InChI=1S/C21H24O5S/c1-14-5-7-17(11-15(14)2)27-10-9-21(23)26-13-19(22)18-12-16(24-3)6-8-20(18)25-4/h5-8,11-12H,9-10,13H2,1-4H3. The minimum absolute atomic E-state index is 0.236. The molecule has 27 heavy (non-hydrogen) atoms. The fraction of sp³-hybridized carbons (Fsp3) is 0.333. The zero-order valence-corrected chi connectivity index (χ0v) is 16.9. The first-order valence-corrected chi connectivity index (χ1v) is 9.54. The highest BCUT2D eigenvalue weighted by molar-refractivity contribution is 7.99. The van der Waals surface area contributed by atoms with Crippen molar-refractivity contribution in [3.63, 3.8) is 0 Å². The van der Waals surface area contributed by atoms with E-state index in [4.69, 9.17) is 14.2 Å². The van der Waals surface area contributed by atoms with Crippen LogP contribution in [0.1, 0.15) is 27.9 Å². The molecular formula is C21H24O5S. The van der Waals surface area contributed by atoms with E-state index in [-0.39, 0.29) is 18.8 Å². The predicted molar refractivity (Wildman–Crippen MR) is 106 cm³/mol. The third kappa shape index (κ3) is 6.03. The fourth-order valence-corrected chi connectivity index (χ4v) is 3.31. The van der Waals surface area contributed by atoms with Gasteiger partial charge in [-0.15, -0.1) is 11.8 Å². The Bertz CT molecular complexity index is 816. The summed E-state index contributed by atoms with van der Waals surface area (Å²) in [4.78, 5) is 25.4. The molecule has 0 saturated carbocycles. The second-order valence-corrected chi connectivity index (χ2v) is 7.16. The summed E-state index contributed by atoms with van der Waals surface area (Å²) in [6, 6.07) is 11.1. The Kier molecular flexibility index (Phi) is 7.73. The van der Waals surface area contributed by atoms with Crippen LogP contribution >= 0.6 is 11.8 Å². The maximum absolute atomic E-state index is 12.3. The molecule has 0 aromatic heterocycles. The molecule has 0 fully saturated rings. The molecule has 0 heterocycles. The second-order valence-electron chi connectivity index (χ2n) is 5.99. The zero-order valence-electron chi connectivity index (χ0n) is 16.0. The number of ether oxygens (including phenoxy) is 3. The van der Waals surface area contributed by atoms with Crippen molar-refractivity contribution < 1.29 is 23.8 Å². The predicted octanol–water partition coefficient (Wildman–Crippen LogP) is 4.23. The van der Waals surface area contributed by atoms with Gasteiger partial charge < -0.3 is 14.2 Å². The van der Waals surface area contributed by atoms with E-state index >= 15 is 0 Å². The lowest BCUT2D eigenvalue weighted by Crippen LogP contribution is -2.15. The number of thioether (sulfide) groups is 1. The van der Waals surface area contributed by atoms with Gasteiger partial charge in [0.05, 0.1) is 26.2 Å². The highest BCUT2D eigenvalue weighted by atomic mass is 32.2. The highest BCUT2D eigenvalue weighted by Crippen LogP contribution is 2.25. The molecule has 0 saturated heterocycles. The van der Waals surface area contributed by atoms with Gasteiger partial charge in [0.1, 0.15) is 11.5 Å². The van der Waals surface area contributed by atoms with Crippen molar-refractivity contribution >= 4 is 23.5 Å². The number of Topliss-reactive ketones (excluding diaryl/α,β-unsaturated/α-hetero) is 1. The smallest absolute Gasteiger partial charge is 0.307 e. The average Bonchev–Trinajstić information content (AvgIpc) is 2.68. The van der Waals surface area contributed by atoms with Gasteiger partial charge in [0.15, 0.2) is 6.61 Å². The van der Waals surface area contributed by atoms with Gasteiger partial charge in [0.25, 0.3) is 0 Å². The van der Waals surface area contributed by atoms with E-state index in [0.717, 1.165) is 4.90 Å². The Morgan fingerprint density at radius 2 is 1.74 bits per heavy atom. The van der Waals surface area contributed by atoms with Crippen LogP contribution in [0.3, 0.4) is 0 Å². The van der Waals surface area contributed by atoms with Gasteiger partial charge >= 0.3 is 5.97 Å². The number of carbonyl (C=O) groups excluding carboxylic acids is 2. The number of esters is 1. The molecule has 2 rings (SSSR count). The summed E-state index contributed by atoms with van der Waals surface area (Å²) in [5, 5.41) is 0. The molecule has 0 aliphatic rings. The molecule has 2 aromatic carbocycles. The van der Waals surface area contributed by atoms with E-state index in [2.05, 4.69) is 26.0 Å². The highest BCUT2D eigenvalue weighted by Gasteiger charge is 2.16. The van der Waals surface area contributed by atoms with Crippen LogP contribution in [0.5, 0.6) is 11.5 Å². The molecule has 144 valence electrons. The molecule has 0 aliphatic carbocycles. The van der Waals surface area contributed by atoms with E-state index in [1.807, 2.05) is 6.07 Å². The van der Waals surface area contributed by atoms with Crippen LogP contribution in [0, 0.1) is 13.8 Å². The lowest BCUT2D eigenvalue weighted by atomic mass is 10.1. The van der Waals surface area contributed by atoms with Gasteiger partial charge in [-0.3, -0.25) is 9.59 Å². The monoisotopic (exact) mass is 388 g/mol. The van der Waals surface area contributed by atoms with E-state index in [9.17, 15) is 9.59 Å². The van der Waals surface area contributed by atoms with Crippen molar-refractivity contribution in [2.24, 2.45) is 0 Å². The first-order valence-electron chi connectivity index (χ1n) is 8.55. The number of carbonyl (C=O) groups is 2. The SMILES string of the molecule is COc1ccc(OC)c(C(=O)COC(=O)CCSc2ccc(C)c(C)c2)c1. The van der Waals surface area contributed by atoms with Crippen molar-refractivity contribution in [3.8, 4) is 11.5 Å². The summed E-state index contributed by atoms with van der Waals surface area (Å²) in [5.74, 6) is 0.817. The van der Waals surface area contributed by atoms with E-state index in [0.29, 0.717) is 22.8 Å². The lowest BCUT2D eigenvalue weighted by Gasteiger charge is -2.10. The van der Waals surface area contributed by atoms with Crippen molar-refractivity contribution in [3.05, 3.63) is 53.1 Å². The summed E-state index contributed by atoms with van der Waals surface area (Å²) in [5.41, 5.74) is 2.79. The summed E-state index contributed by atoms with van der Waals surface area (Å²) in [6.45, 7) is 3.80. The van der Waals surface area contributed by atoms with E-state index < -0.39 is 5.97 Å². The molecule has 2 aromatic rings. The third-order valence-electron chi connectivity index (χ3n) is 4.12. The van der Waals surface area contributed by atoms with E-state index in [1.54, 1.807) is 30.0 Å². The summed E-state index contributed by atoms with van der Waals surface area (Å²) in [7, 11) is 3.00. The molecule has 0 radical (unpaired) electrons. The average molecular weight is 388 g/mol. The maximum atomic E-state index is 12.3. The van der Waals surface area contributed by atoms with Crippen LogP contribution in [0.25, 0.3) is 0 Å². The minimum Gasteiger partial charge on any atom is -0.497 e. The molecule has 6 heteroatoms. The number of benzene rings is 2. The fourth-order valence-electron chi connectivity index (χ4n) is 2.38. The molecule has 0 atom stereocenters. The molecule has 0 bridgehead atoms. The molecule has 0 N–H and O–H groups in total. The first kappa shape index (κ1) is 20.8. The van der Waals surface area contributed by atoms with Crippen LogP contribution < -0.4 is 9.47 Å². The summed E-state index contributed by atoms with van der Waals surface area (Å²) < 4.78 is 15.4. The first-order chi connectivity index (χ1) is 12.9. The number of rotatable bonds is 9. The van der Waals surface area contributed by atoms with Gasteiger partial charge in [-0.2, -0.15) is 0 Å². The van der Waals surface area contributed by atoms with Crippen LogP contribution in [-0.4, -0.2) is 38.3 Å². The third-order valence-corrected chi connectivity index (χ3v) is 5.12. The van der Waals surface area contributed by atoms with Crippen molar-refractivity contribution in [1.82, 2.24) is 0 Å². The van der Waals surface area contributed by atoms with Gasteiger partial charge in [-0.1, -0.05) is 6.07 Å². The number of aryl methyl sites for hydroxylation is 2. The number of ketones is 1. The normalized spacial score (nSPS) is 10.4. The molecule has 5 nitrogen and oxygen atoms in total. The summed E-state index contributed by atoms with van der Waals surface area (Å²) >= 11 is 1.59. The molecule has 0 spiro atoms. The quantitative estimate of drug-likeness (QED) is 0.364. The molecular weight excluding hydrogens is 364 g/mol. The summed E-state index contributed by atoms with van der Waals surface area (Å²) in [6.07, 6.45) is 0.236. The number of hydrogen-bond acceptors (Lipinski definition) is 6. The minimum atomic E-state index is -0.401. The van der Waals surface area contributed by atoms with Crippen LogP contribution in [0.4, 0.5) is 0 Å². The van der Waals surface area contributed by atoms with Gasteiger partial charge in [-0.25, -0.2) is 0 Å². The van der Waals surface area contributed by atoms with Crippen LogP contribution in [-0.2, 0) is 9.53 Å². The Hall–Kier alpha value is -2.47. The van der Waals surface area contributed by atoms with Gasteiger partial charge in [0, 0.05) is 10.6 Å².